The highest BCUT2D eigenvalue weighted by Crippen LogP contribution is 2.34. The minimum Gasteiger partial charge on any atom is -0.454 e. The van der Waals surface area contributed by atoms with Crippen LogP contribution in [0.25, 0.3) is 11.3 Å². The van der Waals surface area contributed by atoms with Crippen molar-refractivity contribution in [2.24, 2.45) is 0 Å². The molecule has 1 fully saturated rings. The highest BCUT2D eigenvalue weighted by Gasteiger charge is 2.23. The molecular weight excluding hydrogens is 454 g/mol. The van der Waals surface area contributed by atoms with Crippen molar-refractivity contribution in [3.63, 3.8) is 0 Å². The van der Waals surface area contributed by atoms with Gasteiger partial charge in [0.1, 0.15) is 5.76 Å². The molecule has 0 N–H and O–H groups in total. The summed E-state index contributed by atoms with van der Waals surface area (Å²) in [6, 6.07) is 19.7. The van der Waals surface area contributed by atoms with Crippen LogP contribution in [0.2, 0.25) is 5.02 Å². The first-order valence-electron chi connectivity index (χ1n) is 11.0. The number of halogens is 1. The molecule has 2 aromatic heterocycles. The summed E-state index contributed by atoms with van der Waals surface area (Å²) in [5, 5.41) is 3.60. The van der Waals surface area contributed by atoms with Gasteiger partial charge in [-0.1, -0.05) is 35.9 Å². The number of benzene rings is 2. The molecule has 0 saturated carbocycles. The molecule has 1 aliphatic rings. The van der Waals surface area contributed by atoms with Crippen LogP contribution in [0.4, 0.5) is 10.8 Å². The normalized spacial score (nSPS) is 13.5. The average molecular weight is 478 g/mol. The van der Waals surface area contributed by atoms with Crippen molar-refractivity contribution in [3.8, 4) is 11.3 Å². The van der Waals surface area contributed by atoms with Crippen LogP contribution in [0.15, 0.2) is 70.5 Å². The Labute approximate surface area is 202 Å². The molecule has 0 bridgehead atoms. The van der Waals surface area contributed by atoms with Crippen LogP contribution < -0.4 is 4.90 Å². The fraction of sp³-hybridized carbons (Fsp3) is 0.231. The number of thiazole rings is 1. The molecule has 0 radical (unpaired) electrons. The van der Waals surface area contributed by atoms with Crippen molar-refractivity contribution in [2.75, 3.05) is 18.0 Å². The number of carbonyl (C=O) groups is 1. The topological polar surface area (TPSA) is 49.6 Å². The zero-order valence-corrected chi connectivity index (χ0v) is 19.9. The number of aryl methyl sites for hydroxylation is 1. The second-order valence-electron chi connectivity index (χ2n) is 8.21. The SMILES string of the molecule is Cc1cccc(N(Cc2ccc(C(=O)N3CCCC3)o2)c2nc(-c3ccc(Cl)cc3)cs2)c1. The number of hydrogen-bond donors (Lipinski definition) is 0. The number of likely N-dealkylation sites (tertiary alicyclic amines) is 1. The van der Waals surface area contributed by atoms with Crippen LogP contribution in [0.3, 0.4) is 0 Å². The molecule has 0 spiro atoms. The fourth-order valence-corrected chi connectivity index (χ4v) is 5.00. The van der Waals surface area contributed by atoms with Crippen LogP contribution >= 0.6 is 22.9 Å². The van der Waals surface area contributed by atoms with Gasteiger partial charge in [0.2, 0.25) is 0 Å². The summed E-state index contributed by atoms with van der Waals surface area (Å²) in [6.07, 6.45) is 2.11. The van der Waals surface area contributed by atoms with Gasteiger partial charge < -0.3 is 14.2 Å². The van der Waals surface area contributed by atoms with E-state index >= 15 is 0 Å². The Hall–Kier alpha value is -3.09. The lowest BCUT2D eigenvalue weighted by Crippen LogP contribution is -2.27. The van der Waals surface area contributed by atoms with E-state index in [1.54, 1.807) is 17.4 Å². The predicted octanol–water partition coefficient (Wildman–Crippen LogP) is 6.94. The van der Waals surface area contributed by atoms with E-state index in [9.17, 15) is 4.79 Å². The van der Waals surface area contributed by atoms with Gasteiger partial charge in [-0.25, -0.2) is 4.98 Å². The number of anilines is 2. The van der Waals surface area contributed by atoms with Gasteiger partial charge in [-0.05, 0) is 61.7 Å². The van der Waals surface area contributed by atoms with E-state index in [-0.39, 0.29) is 5.91 Å². The molecule has 5 rings (SSSR count). The van der Waals surface area contributed by atoms with Crippen LogP contribution in [0.1, 0.15) is 34.7 Å². The van der Waals surface area contributed by atoms with Crippen LogP contribution in [-0.4, -0.2) is 28.9 Å². The monoisotopic (exact) mass is 477 g/mol. The summed E-state index contributed by atoms with van der Waals surface area (Å²) in [4.78, 5) is 21.6. The largest absolute Gasteiger partial charge is 0.454 e. The lowest BCUT2D eigenvalue weighted by molar-refractivity contribution is 0.0759. The maximum Gasteiger partial charge on any atom is 0.289 e. The second-order valence-corrected chi connectivity index (χ2v) is 9.49. The Morgan fingerprint density at radius 1 is 1.12 bits per heavy atom. The van der Waals surface area contributed by atoms with E-state index in [0.29, 0.717) is 17.3 Å². The van der Waals surface area contributed by atoms with E-state index in [4.69, 9.17) is 21.0 Å². The van der Waals surface area contributed by atoms with Gasteiger partial charge in [0.15, 0.2) is 10.9 Å². The Morgan fingerprint density at radius 3 is 2.67 bits per heavy atom. The van der Waals surface area contributed by atoms with E-state index in [1.807, 2.05) is 46.7 Å². The summed E-state index contributed by atoms with van der Waals surface area (Å²) in [7, 11) is 0. The van der Waals surface area contributed by atoms with Crippen LogP contribution in [0, 0.1) is 6.92 Å². The molecule has 0 unspecified atom stereocenters. The lowest BCUT2D eigenvalue weighted by atomic mass is 10.2. The summed E-state index contributed by atoms with van der Waals surface area (Å²) in [6.45, 7) is 4.15. The number of furan rings is 1. The van der Waals surface area contributed by atoms with Gasteiger partial charge in [0.05, 0.1) is 12.2 Å². The van der Waals surface area contributed by atoms with E-state index in [0.717, 1.165) is 59.3 Å². The minimum atomic E-state index is -0.0277. The zero-order valence-electron chi connectivity index (χ0n) is 18.3. The molecule has 4 aromatic rings. The van der Waals surface area contributed by atoms with Gasteiger partial charge in [-0.15, -0.1) is 11.3 Å². The summed E-state index contributed by atoms with van der Waals surface area (Å²) >= 11 is 7.62. The highest BCUT2D eigenvalue weighted by molar-refractivity contribution is 7.14. The van der Waals surface area contributed by atoms with Gasteiger partial charge >= 0.3 is 0 Å². The maximum absolute atomic E-state index is 12.7. The quantitative estimate of drug-likeness (QED) is 0.302. The molecular formula is C26H24ClN3O2S. The van der Waals surface area contributed by atoms with Crippen LogP contribution in [-0.2, 0) is 6.54 Å². The minimum absolute atomic E-state index is 0.0277. The first kappa shape index (κ1) is 21.7. The van der Waals surface area contributed by atoms with Crippen molar-refractivity contribution >= 4 is 39.7 Å². The smallest absolute Gasteiger partial charge is 0.289 e. The van der Waals surface area contributed by atoms with Crippen LogP contribution in [0.5, 0.6) is 0 Å². The Kier molecular flexibility index (Phi) is 6.20. The molecule has 2 aromatic carbocycles. The molecule has 3 heterocycles. The molecule has 33 heavy (non-hydrogen) atoms. The molecule has 168 valence electrons. The summed E-state index contributed by atoms with van der Waals surface area (Å²) in [5.74, 6) is 1.10. The van der Waals surface area contributed by atoms with Crippen molar-refractivity contribution in [1.29, 1.82) is 0 Å². The van der Waals surface area contributed by atoms with E-state index < -0.39 is 0 Å². The third-order valence-electron chi connectivity index (χ3n) is 5.76. The molecule has 0 atom stereocenters. The first-order chi connectivity index (χ1) is 16.1. The Balaban J connectivity index is 1.44. The molecule has 5 nitrogen and oxygen atoms in total. The summed E-state index contributed by atoms with van der Waals surface area (Å²) in [5.41, 5.74) is 4.10. The fourth-order valence-electron chi connectivity index (χ4n) is 4.02. The Morgan fingerprint density at radius 2 is 1.91 bits per heavy atom. The number of amides is 1. The number of carbonyl (C=O) groups excluding carboxylic acids is 1. The third kappa shape index (κ3) is 4.82. The van der Waals surface area contributed by atoms with E-state index in [1.165, 1.54) is 0 Å². The third-order valence-corrected chi connectivity index (χ3v) is 6.87. The predicted molar refractivity (Wildman–Crippen MR) is 133 cm³/mol. The molecule has 0 aliphatic carbocycles. The standard InChI is InChI=1S/C26H24ClN3O2S/c1-18-5-4-6-21(15-18)30(26-28-23(17-33-26)19-7-9-20(27)10-8-19)16-22-11-12-24(32-22)25(31)29-13-2-3-14-29/h4-12,15,17H,2-3,13-14,16H2,1H3. The molecule has 1 saturated heterocycles. The second kappa shape index (κ2) is 9.41. The van der Waals surface area contributed by atoms with Gasteiger partial charge in [0.25, 0.3) is 5.91 Å². The lowest BCUT2D eigenvalue weighted by Gasteiger charge is -2.21. The maximum atomic E-state index is 12.7. The van der Waals surface area contributed by atoms with Gasteiger partial charge in [-0.2, -0.15) is 0 Å². The van der Waals surface area contributed by atoms with Crippen molar-refractivity contribution < 1.29 is 9.21 Å². The zero-order chi connectivity index (χ0) is 22.8. The van der Waals surface area contributed by atoms with Gasteiger partial charge in [0, 0.05) is 34.7 Å². The summed E-state index contributed by atoms with van der Waals surface area (Å²) < 4.78 is 6.00. The van der Waals surface area contributed by atoms with Crippen molar-refractivity contribution in [3.05, 3.63) is 88.2 Å². The molecule has 1 aliphatic heterocycles. The van der Waals surface area contributed by atoms with Crippen molar-refractivity contribution in [2.45, 2.75) is 26.3 Å². The average Bonchev–Trinajstić information content (AvgIpc) is 3.60. The molecule has 1 amide bonds. The first-order valence-corrected chi connectivity index (χ1v) is 12.3. The highest BCUT2D eigenvalue weighted by atomic mass is 35.5. The number of nitrogens with zero attached hydrogens (tertiary/aromatic N) is 3. The molecule has 7 heteroatoms. The Bertz CT molecular complexity index is 1260. The number of aromatic nitrogens is 1. The number of hydrogen-bond acceptors (Lipinski definition) is 5. The van der Waals surface area contributed by atoms with E-state index in [2.05, 4.69) is 30.0 Å². The van der Waals surface area contributed by atoms with Crippen molar-refractivity contribution in [1.82, 2.24) is 9.88 Å². The number of rotatable bonds is 6. The van der Waals surface area contributed by atoms with Gasteiger partial charge in [-0.3, -0.25) is 4.79 Å².